The fraction of sp³-hybridized carbons (Fsp3) is 0.263. The maximum atomic E-state index is 10.3. The molecule has 0 radical (unpaired) electrons. The molecule has 0 amide bonds. The normalized spacial score (nSPS) is 10.7. The minimum atomic E-state index is -0.611. The van der Waals surface area contributed by atoms with Crippen molar-refractivity contribution in [3.8, 4) is 0 Å². The Balaban J connectivity index is 0. The molecule has 0 aromatic carbocycles. The summed E-state index contributed by atoms with van der Waals surface area (Å²) in [5.74, 6) is 0. The third kappa shape index (κ3) is 12.8. The van der Waals surface area contributed by atoms with E-state index in [4.69, 9.17) is 52.1 Å². The van der Waals surface area contributed by atoms with Gasteiger partial charge in [-0.05, 0) is 23.3 Å². The first-order valence-corrected chi connectivity index (χ1v) is 9.74. The van der Waals surface area contributed by atoms with Crippen LogP contribution in [0.25, 0.3) is 0 Å². The van der Waals surface area contributed by atoms with Crippen molar-refractivity contribution in [1.29, 1.82) is 0 Å². The van der Waals surface area contributed by atoms with Crippen LogP contribution in [0, 0.1) is 20.2 Å². The van der Waals surface area contributed by atoms with Crippen molar-refractivity contribution in [2.45, 2.75) is 27.7 Å². The Morgan fingerprint density at radius 2 is 1.36 bits per heavy atom. The highest BCUT2D eigenvalue weighted by molar-refractivity contribution is 6.41. The summed E-state index contributed by atoms with van der Waals surface area (Å²) >= 11 is 22.8. The van der Waals surface area contributed by atoms with Crippen LogP contribution in [0.1, 0.15) is 26.0 Å². The molecule has 0 aliphatic carbocycles. The summed E-state index contributed by atoms with van der Waals surface area (Å²) in [6.45, 7) is 0. The van der Waals surface area contributed by atoms with Gasteiger partial charge in [0.05, 0.1) is 31.3 Å². The van der Waals surface area contributed by atoms with Crippen molar-refractivity contribution in [2.24, 2.45) is 5.73 Å². The molecule has 0 aliphatic heterocycles. The summed E-state index contributed by atoms with van der Waals surface area (Å²) in [5.41, 5.74) is 7.41. The van der Waals surface area contributed by atoms with E-state index >= 15 is 0 Å². The molecule has 0 fully saturated rings. The molecule has 2 aromatic rings. The number of hydrogen-bond acceptors (Lipinski definition) is 8. The summed E-state index contributed by atoms with van der Waals surface area (Å²) in [6.07, 6.45) is 5.20. The quantitative estimate of drug-likeness (QED) is 0.263. The second-order valence-electron chi connectivity index (χ2n) is 5.77. The van der Waals surface area contributed by atoms with Gasteiger partial charge in [-0.15, -0.1) is 0 Å². The van der Waals surface area contributed by atoms with Gasteiger partial charge in [0.2, 0.25) is 0 Å². The fourth-order valence-electron chi connectivity index (χ4n) is 2.08. The predicted octanol–water partition coefficient (Wildman–Crippen LogP) is 5.55. The molecule has 14 heteroatoms. The van der Waals surface area contributed by atoms with E-state index in [1.54, 1.807) is 19.2 Å². The van der Waals surface area contributed by atoms with Crippen LogP contribution in [0.3, 0.4) is 0 Å². The average Bonchev–Trinajstić information content (AvgIpc) is 2.66. The highest BCUT2D eigenvalue weighted by Gasteiger charge is 2.06. The molecule has 0 aliphatic rings. The first-order chi connectivity index (χ1) is 14.5. The van der Waals surface area contributed by atoms with E-state index in [-0.39, 0.29) is 37.3 Å². The van der Waals surface area contributed by atoms with Gasteiger partial charge >= 0.3 is 0 Å². The second kappa shape index (κ2) is 16.0. The van der Waals surface area contributed by atoms with Crippen LogP contribution in [0.15, 0.2) is 48.3 Å². The van der Waals surface area contributed by atoms with E-state index in [9.17, 15) is 20.2 Å². The Kier molecular flexibility index (Phi) is 15.8. The summed E-state index contributed by atoms with van der Waals surface area (Å²) in [7, 11) is 1.61. The van der Waals surface area contributed by atoms with Crippen molar-refractivity contribution in [3.05, 3.63) is 100 Å². The molecule has 33 heavy (non-hydrogen) atoms. The lowest BCUT2D eigenvalue weighted by atomic mass is 10.2. The molecule has 3 N–H and O–H groups in total. The maximum Gasteiger partial charge on any atom is 0.253 e. The Labute approximate surface area is 211 Å². The molecule has 0 spiro atoms. The molecule has 2 rings (SSSR count). The number of pyridine rings is 2. The van der Waals surface area contributed by atoms with Gasteiger partial charge in [0.15, 0.2) is 0 Å². The summed E-state index contributed by atoms with van der Waals surface area (Å²) in [6, 6.07) is 3.19. The lowest BCUT2D eigenvalue weighted by molar-refractivity contribution is -0.403. The number of likely N-dealkylation sites (N-methyl/N-ethyl adjacent to an activating group) is 1. The number of rotatable bonds is 7. The Hall–Kier alpha value is -2.66. The number of nitrogens with zero attached hydrogens (tertiary/aromatic N) is 4. The SMILES string of the molecule is C.C.CN/C(=C\[N+](=O)[O-])Cc1cnc(Cl)c(Cl)c1.N/C(=C\[N+](=O)[O-])Cc1cnc(Cl)c(Cl)c1. The Bertz CT molecular complexity index is 1020. The number of halogens is 4. The van der Waals surface area contributed by atoms with E-state index < -0.39 is 9.85 Å². The van der Waals surface area contributed by atoms with Gasteiger partial charge in [-0.3, -0.25) is 20.2 Å². The van der Waals surface area contributed by atoms with Gasteiger partial charge in [0.1, 0.15) is 10.3 Å². The number of nitrogens with two attached hydrogens (primary N) is 1. The lowest BCUT2D eigenvalue weighted by Crippen LogP contribution is -2.10. The van der Waals surface area contributed by atoms with Crippen molar-refractivity contribution in [2.75, 3.05) is 7.05 Å². The van der Waals surface area contributed by atoms with E-state index in [0.29, 0.717) is 27.7 Å². The minimum absolute atomic E-state index is 0. The molecule has 0 unspecified atom stereocenters. The zero-order valence-corrected chi connectivity index (χ0v) is 18.9. The summed E-state index contributed by atoms with van der Waals surface area (Å²) in [4.78, 5) is 26.9. The smallest absolute Gasteiger partial charge is 0.253 e. The van der Waals surface area contributed by atoms with Crippen LogP contribution in [-0.2, 0) is 12.8 Å². The Morgan fingerprint density at radius 1 is 0.939 bits per heavy atom. The first-order valence-electron chi connectivity index (χ1n) is 8.23. The molecule has 0 saturated carbocycles. The van der Waals surface area contributed by atoms with Crippen LogP contribution in [0.4, 0.5) is 0 Å². The standard InChI is InChI=1S/C9H9Cl2N3O2.C8H7Cl2N3O2.2CH4/c1-12-7(5-14(15)16)2-6-3-8(10)9(11)13-4-6;9-7-2-5(3-12-8(7)10)1-6(11)4-13(14)15;;/h3-5,12H,2H2,1H3;2-4H,1,11H2;2*1H4/b7-5-;6-4-;;. The zero-order valence-electron chi connectivity index (χ0n) is 15.9. The molecule has 0 atom stereocenters. The van der Waals surface area contributed by atoms with Crippen molar-refractivity contribution in [1.82, 2.24) is 15.3 Å². The first kappa shape index (κ1) is 32.5. The molecule has 2 aromatic heterocycles. The largest absolute Gasteiger partial charge is 0.397 e. The predicted molar refractivity (Wildman–Crippen MR) is 133 cm³/mol. The summed E-state index contributed by atoms with van der Waals surface area (Å²) in [5, 5.41) is 24.2. The van der Waals surface area contributed by atoms with E-state index in [2.05, 4.69) is 15.3 Å². The molecule has 10 nitrogen and oxygen atoms in total. The lowest BCUT2D eigenvalue weighted by Gasteiger charge is -2.04. The number of nitro groups is 2. The second-order valence-corrected chi connectivity index (χ2v) is 7.30. The van der Waals surface area contributed by atoms with Gasteiger partial charge in [0, 0.05) is 32.3 Å². The molecule has 182 valence electrons. The number of aromatic nitrogens is 2. The van der Waals surface area contributed by atoms with E-state index in [1.165, 1.54) is 12.4 Å². The van der Waals surface area contributed by atoms with Crippen LogP contribution < -0.4 is 11.1 Å². The number of nitrogens with one attached hydrogen (secondary N) is 1. The van der Waals surface area contributed by atoms with Gasteiger partial charge in [-0.25, -0.2) is 9.97 Å². The van der Waals surface area contributed by atoms with Crippen molar-refractivity contribution in [3.63, 3.8) is 0 Å². The number of allylic oxidation sites excluding steroid dienone is 2. The van der Waals surface area contributed by atoms with Crippen molar-refractivity contribution < 1.29 is 9.85 Å². The van der Waals surface area contributed by atoms with E-state index in [0.717, 1.165) is 18.0 Å². The van der Waals surface area contributed by atoms with Gasteiger partial charge in [0.25, 0.3) is 12.4 Å². The average molecular weight is 542 g/mol. The molecule has 2 heterocycles. The molecule has 0 saturated heterocycles. The van der Waals surface area contributed by atoms with Crippen LogP contribution in [0.5, 0.6) is 0 Å². The van der Waals surface area contributed by atoms with Crippen molar-refractivity contribution >= 4 is 46.4 Å². The van der Waals surface area contributed by atoms with Gasteiger partial charge in [-0.2, -0.15) is 0 Å². The molecule has 0 bridgehead atoms. The zero-order chi connectivity index (χ0) is 23.6. The fourth-order valence-corrected chi connectivity index (χ4v) is 2.66. The van der Waals surface area contributed by atoms with Gasteiger partial charge in [-0.1, -0.05) is 61.3 Å². The summed E-state index contributed by atoms with van der Waals surface area (Å²) < 4.78 is 0. The monoisotopic (exact) mass is 540 g/mol. The molecular weight excluding hydrogens is 518 g/mol. The third-order valence-corrected chi connectivity index (χ3v) is 4.73. The highest BCUT2D eigenvalue weighted by Crippen LogP contribution is 2.21. The third-order valence-electron chi connectivity index (χ3n) is 3.36. The van der Waals surface area contributed by atoms with Gasteiger partial charge < -0.3 is 11.1 Å². The van der Waals surface area contributed by atoms with E-state index in [1.807, 2.05) is 0 Å². The highest BCUT2D eigenvalue weighted by atomic mass is 35.5. The van der Waals surface area contributed by atoms with Crippen LogP contribution >= 0.6 is 46.4 Å². The minimum Gasteiger partial charge on any atom is -0.397 e. The topological polar surface area (TPSA) is 150 Å². The van der Waals surface area contributed by atoms with Crippen LogP contribution in [-0.4, -0.2) is 26.9 Å². The Morgan fingerprint density at radius 3 is 1.73 bits per heavy atom. The van der Waals surface area contributed by atoms with Crippen LogP contribution in [0.2, 0.25) is 20.4 Å². The maximum absolute atomic E-state index is 10.3. The number of hydrogen-bond donors (Lipinski definition) is 2. The molecular formula is C19H24Cl4N6O4.